The lowest BCUT2D eigenvalue weighted by Gasteiger charge is -2.07. The van der Waals surface area contributed by atoms with Gasteiger partial charge in [-0.15, -0.1) is 31.6 Å². The SMILES string of the molecule is C=CCn1c(Sc2ccc3nnnn3n2)nnc1-c1ccc(Cl)cc1. The van der Waals surface area contributed by atoms with Crippen LogP contribution in [0.2, 0.25) is 5.02 Å². The number of tetrazole rings is 1. The van der Waals surface area contributed by atoms with Gasteiger partial charge in [0.15, 0.2) is 16.6 Å². The van der Waals surface area contributed by atoms with Gasteiger partial charge in [-0.2, -0.15) is 0 Å². The largest absolute Gasteiger partial charge is 0.298 e. The van der Waals surface area contributed by atoms with Crippen LogP contribution in [-0.4, -0.2) is 40.0 Å². The molecule has 0 saturated heterocycles. The van der Waals surface area contributed by atoms with Crippen molar-refractivity contribution in [2.45, 2.75) is 16.7 Å². The molecule has 0 spiro atoms. The molecule has 124 valence electrons. The predicted molar refractivity (Wildman–Crippen MR) is 93.4 cm³/mol. The van der Waals surface area contributed by atoms with E-state index in [1.165, 1.54) is 16.4 Å². The smallest absolute Gasteiger partial charge is 0.200 e. The molecule has 4 aromatic rings. The van der Waals surface area contributed by atoms with Gasteiger partial charge < -0.3 is 0 Å². The number of fused-ring (bicyclic) bond motifs is 1. The van der Waals surface area contributed by atoms with Crippen LogP contribution in [0.4, 0.5) is 0 Å². The van der Waals surface area contributed by atoms with Crippen molar-refractivity contribution in [3.63, 3.8) is 0 Å². The van der Waals surface area contributed by atoms with Gasteiger partial charge in [0.05, 0.1) is 0 Å². The molecule has 10 heteroatoms. The van der Waals surface area contributed by atoms with E-state index in [0.29, 0.717) is 27.4 Å². The van der Waals surface area contributed by atoms with Gasteiger partial charge >= 0.3 is 0 Å². The number of aromatic nitrogens is 8. The quantitative estimate of drug-likeness (QED) is 0.499. The van der Waals surface area contributed by atoms with Crippen molar-refractivity contribution in [2.75, 3.05) is 0 Å². The fourth-order valence-electron chi connectivity index (χ4n) is 2.25. The average molecular weight is 371 g/mol. The zero-order valence-corrected chi connectivity index (χ0v) is 14.4. The number of allylic oxidation sites excluding steroid dienone is 1. The molecule has 8 nitrogen and oxygen atoms in total. The van der Waals surface area contributed by atoms with E-state index in [0.717, 1.165) is 11.4 Å². The molecule has 0 unspecified atom stereocenters. The van der Waals surface area contributed by atoms with Crippen molar-refractivity contribution in [2.24, 2.45) is 0 Å². The Kier molecular flexibility index (Phi) is 4.16. The molecular weight excluding hydrogens is 360 g/mol. The van der Waals surface area contributed by atoms with Crippen molar-refractivity contribution in [3.05, 3.63) is 54.1 Å². The first-order chi connectivity index (χ1) is 12.2. The third-order valence-electron chi connectivity index (χ3n) is 3.37. The summed E-state index contributed by atoms with van der Waals surface area (Å²) in [6.45, 7) is 4.38. The van der Waals surface area contributed by atoms with Crippen LogP contribution >= 0.6 is 23.4 Å². The highest BCUT2D eigenvalue weighted by atomic mass is 35.5. The Morgan fingerprint density at radius 2 is 1.92 bits per heavy atom. The number of benzene rings is 1. The minimum atomic E-state index is 0.570. The summed E-state index contributed by atoms with van der Waals surface area (Å²) in [5.74, 6) is 0.738. The second-order valence-electron chi connectivity index (χ2n) is 5.01. The topological polar surface area (TPSA) is 86.7 Å². The highest BCUT2D eigenvalue weighted by molar-refractivity contribution is 7.99. The highest BCUT2D eigenvalue weighted by Crippen LogP contribution is 2.29. The number of nitrogens with zero attached hydrogens (tertiary/aromatic N) is 8. The summed E-state index contributed by atoms with van der Waals surface area (Å²) in [6, 6.07) is 11.1. The van der Waals surface area contributed by atoms with E-state index in [2.05, 4.69) is 37.4 Å². The summed E-state index contributed by atoms with van der Waals surface area (Å²) >= 11 is 7.34. The number of halogens is 1. The van der Waals surface area contributed by atoms with Crippen molar-refractivity contribution < 1.29 is 0 Å². The molecule has 0 aliphatic rings. The lowest BCUT2D eigenvalue weighted by Crippen LogP contribution is -2.01. The zero-order valence-electron chi connectivity index (χ0n) is 12.8. The van der Waals surface area contributed by atoms with Gasteiger partial charge in [0.1, 0.15) is 5.03 Å². The number of rotatable bonds is 5. The van der Waals surface area contributed by atoms with Crippen molar-refractivity contribution in [3.8, 4) is 11.4 Å². The third kappa shape index (κ3) is 3.11. The minimum absolute atomic E-state index is 0.570. The van der Waals surface area contributed by atoms with Gasteiger partial charge in [-0.3, -0.25) is 4.57 Å². The van der Waals surface area contributed by atoms with E-state index in [1.807, 2.05) is 34.9 Å². The van der Waals surface area contributed by atoms with Crippen molar-refractivity contribution in [1.29, 1.82) is 0 Å². The summed E-state index contributed by atoms with van der Waals surface area (Å²) in [5, 5.41) is 26.2. The van der Waals surface area contributed by atoms with Gasteiger partial charge in [-0.1, -0.05) is 17.7 Å². The van der Waals surface area contributed by atoms with E-state index in [4.69, 9.17) is 11.6 Å². The Labute approximate surface area is 151 Å². The fourth-order valence-corrected chi connectivity index (χ4v) is 3.17. The van der Waals surface area contributed by atoms with Crippen LogP contribution in [-0.2, 0) is 6.54 Å². The van der Waals surface area contributed by atoms with Crippen LogP contribution in [0.1, 0.15) is 0 Å². The Morgan fingerprint density at radius 1 is 1.08 bits per heavy atom. The molecule has 4 rings (SSSR count). The van der Waals surface area contributed by atoms with Gasteiger partial charge in [0.2, 0.25) is 0 Å². The molecular formula is C15H11ClN8S. The van der Waals surface area contributed by atoms with Crippen LogP contribution < -0.4 is 0 Å². The summed E-state index contributed by atoms with van der Waals surface area (Å²) in [5.41, 5.74) is 1.51. The Bertz CT molecular complexity index is 1040. The first-order valence-corrected chi connectivity index (χ1v) is 8.47. The maximum Gasteiger partial charge on any atom is 0.200 e. The molecule has 1 aromatic carbocycles. The Hall–Kier alpha value is -2.78. The van der Waals surface area contributed by atoms with Crippen LogP contribution in [0.5, 0.6) is 0 Å². The molecule has 0 radical (unpaired) electrons. The minimum Gasteiger partial charge on any atom is -0.298 e. The average Bonchev–Trinajstić information content (AvgIpc) is 3.23. The third-order valence-corrected chi connectivity index (χ3v) is 4.54. The van der Waals surface area contributed by atoms with E-state index < -0.39 is 0 Å². The maximum atomic E-state index is 5.96. The number of hydrogen-bond donors (Lipinski definition) is 0. The first-order valence-electron chi connectivity index (χ1n) is 7.28. The lowest BCUT2D eigenvalue weighted by atomic mass is 10.2. The maximum absolute atomic E-state index is 5.96. The summed E-state index contributed by atoms with van der Waals surface area (Å²) in [4.78, 5) is 0. The van der Waals surface area contributed by atoms with Crippen LogP contribution in [0, 0.1) is 0 Å². The van der Waals surface area contributed by atoms with E-state index in [9.17, 15) is 0 Å². The van der Waals surface area contributed by atoms with E-state index >= 15 is 0 Å². The standard InChI is InChI=1S/C15H11ClN8S/c1-2-9-23-14(10-3-5-11(16)6-4-10)18-19-15(23)25-13-8-7-12-17-21-22-24(12)20-13/h2-8H,1,9H2. The van der Waals surface area contributed by atoms with Crippen LogP contribution in [0.15, 0.2) is 59.2 Å². The van der Waals surface area contributed by atoms with Crippen LogP contribution in [0.3, 0.4) is 0 Å². The second kappa shape index (κ2) is 6.61. The molecule has 0 saturated carbocycles. The summed E-state index contributed by atoms with van der Waals surface area (Å²) in [6.07, 6.45) is 1.80. The number of hydrogen-bond acceptors (Lipinski definition) is 7. The molecule has 0 aliphatic heterocycles. The highest BCUT2D eigenvalue weighted by Gasteiger charge is 2.15. The van der Waals surface area contributed by atoms with Crippen LogP contribution in [0.25, 0.3) is 17.0 Å². The Morgan fingerprint density at radius 3 is 2.72 bits per heavy atom. The molecule has 3 aromatic heterocycles. The summed E-state index contributed by atoms with van der Waals surface area (Å²) in [7, 11) is 0. The van der Waals surface area contributed by atoms with Gasteiger partial charge in [0, 0.05) is 17.1 Å². The predicted octanol–water partition coefficient (Wildman–Crippen LogP) is 2.77. The molecule has 25 heavy (non-hydrogen) atoms. The van der Waals surface area contributed by atoms with E-state index in [1.54, 1.807) is 12.1 Å². The van der Waals surface area contributed by atoms with Gasteiger partial charge in [-0.25, -0.2) is 0 Å². The molecule has 0 bridgehead atoms. The molecule has 0 amide bonds. The van der Waals surface area contributed by atoms with Crippen molar-refractivity contribution >= 4 is 29.0 Å². The summed E-state index contributed by atoms with van der Waals surface area (Å²) < 4.78 is 3.34. The first kappa shape index (κ1) is 15.7. The lowest BCUT2D eigenvalue weighted by molar-refractivity contribution is 0.696. The molecule has 3 heterocycles. The van der Waals surface area contributed by atoms with Crippen molar-refractivity contribution in [1.82, 2.24) is 40.0 Å². The normalized spacial score (nSPS) is 11.1. The van der Waals surface area contributed by atoms with E-state index in [-0.39, 0.29) is 0 Å². The molecule has 0 N–H and O–H groups in total. The molecule has 0 atom stereocenters. The Balaban J connectivity index is 1.71. The van der Waals surface area contributed by atoms with Gasteiger partial charge in [0.25, 0.3) is 0 Å². The zero-order chi connectivity index (χ0) is 17.2. The fraction of sp³-hybridized carbons (Fsp3) is 0.0667. The molecule has 0 fully saturated rings. The van der Waals surface area contributed by atoms with Gasteiger partial charge in [-0.05, 0) is 58.6 Å². The second-order valence-corrected chi connectivity index (χ2v) is 6.44. The molecule has 0 aliphatic carbocycles. The monoisotopic (exact) mass is 370 g/mol.